The second kappa shape index (κ2) is 4.41. The largest absolute Gasteiger partial charge is 0.323 e. The second-order valence-electron chi connectivity index (χ2n) is 3.05. The minimum absolute atomic E-state index is 0.0492. The number of nitrogens with one attached hydrogen (secondary N) is 2. The molecular weight excluding hydrogens is 194 g/mol. The van der Waals surface area contributed by atoms with Gasteiger partial charge in [-0.15, -0.1) is 0 Å². The van der Waals surface area contributed by atoms with E-state index in [1.165, 1.54) is 0 Å². The van der Waals surface area contributed by atoms with Crippen molar-refractivity contribution >= 4 is 11.6 Å². The predicted octanol–water partition coefficient (Wildman–Crippen LogP) is 0.635. The third-order valence-corrected chi connectivity index (χ3v) is 1.91. The average Bonchev–Trinajstić information content (AvgIpc) is 2.86. The van der Waals surface area contributed by atoms with Crippen LogP contribution in [0.2, 0.25) is 0 Å². The number of aryl methyl sites for hydroxylation is 1. The molecule has 2 N–H and O–H groups in total. The van der Waals surface area contributed by atoms with Crippen LogP contribution in [0.25, 0.3) is 0 Å². The van der Waals surface area contributed by atoms with Gasteiger partial charge in [0.2, 0.25) is 5.91 Å². The van der Waals surface area contributed by atoms with Crippen molar-refractivity contribution in [2.45, 2.75) is 13.0 Å². The van der Waals surface area contributed by atoms with Crippen molar-refractivity contribution in [2.75, 3.05) is 5.32 Å². The van der Waals surface area contributed by atoms with E-state index in [0.29, 0.717) is 18.7 Å². The fraction of sp³-hybridized carbons (Fsp3) is 0.222. The van der Waals surface area contributed by atoms with E-state index in [0.717, 1.165) is 0 Å². The quantitative estimate of drug-likeness (QED) is 0.768. The lowest BCUT2D eigenvalue weighted by Gasteiger charge is -2.02. The Hall–Kier alpha value is -2.11. The van der Waals surface area contributed by atoms with Crippen LogP contribution in [0, 0.1) is 0 Å². The highest BCUT2D eigenvalue weighted by Gasteiger charge is 2.02. The number of H-pyrrole nitrogens is 1. The summed E-state index contributed by atoms with van der Waals surface area (Å²) in [4.78, 5) is 11.4. The van der Waals surface area contributed by atoms with E-state index in [-0.39, 0.29) is 5.91 Å². The van der Waals surface area contributed by atoms with Gasteiger partial charge in [-0.25, -0.2) is 0 Å². The van der Waals surface area contributed by atoms with Crippen LogP contribution in [-0.2, 0) is 11.3 Å². The number of anilines is 1. The number of aromatic amines is 1. The van der Waals surface area contributed by atoms with Gasteiger partial charge in [-0.2, -0.15) is 10.2 Å². The molecule has 6 heteroatoms. The summed E-state index contributed by atoms with van der Waals surface area (Å²) in [6.07, 6.45) is 7.10. The molecule has 2 aromatic heterocycles. The van der Waals surface area contributed by atoms with E-state index in [4.69, 9.17) is 0 Å². The minimum atomic E-state index is -0.0492. The van der Waals surface area contributed by atoms with Crippen LogP contribution >= 0.6 is 0 Å². The fourth-order valence-electron chi connectivity index (χ4n) is 1.19. The minimum Gasteiger partial charge on any atom is -0.323 e. The van der Waals surface area contributed by atoms with Gasteiger partial charge in [-0.3, -0.25) is 14.6 Å². The number of carbonyl (C=O) groups is 1. The molecule has 78 valence electrons. The monoisotopic (exact) mass is 205 g/mol. The number of aromatic nitrogens is 4. The number of hydrogen-bond donors (Lipinski definition) is 2. The Balaban J connectivity index is 1.78. The molecule has 0 fully saturated rings. The molecule has 0 aliphatic carbocycles. The molecule has 0 bridgehead atoms. The molecule has 0 aliphatic heterocycles. The van der Waals surface area contributed by atoms with Crippen LogP contribution < -0.4 is 5.32 Å². The molecule has 0 aromatic carbocycles. The second-order valence-corrected chi connectivity index (χ2v) is 3.05. The normalized spacial score (nSPS) is 10.1. The van der Waals surface area contributed by atoms with E-state index in [1.54, 1.807) is 23.3 Å². The van der Waals surface area contributed by atoms with Crippen molar-refractivity contribution in [1.29, 1.82) is 0 Å². The molecule has 0 saturated heterocycles. The average molecular weight is 205 g/mol. The highest BCUT2D eigenvalue weighted by Crippen LogP contribution is 2.02. The third-order valence-electron chi connectivity index (χ3n) is 1.91. The Morgan fingerprint density at radius 2 is 2.53 bits per heavy atom. The zero-order valence-electron chi connectivity index (χ0n) is 8.05. The first kappa shape index (κ1) is 9.45. The molecule has 15 heavy (non-hydrogen) atoms. The summed E-state index contributed by atoms with van der Waals surface area (Å²) in [6, 6.07) is 1.83. The van der Waals surface area contributed by atoms with E-state index < -0.39 is 0 Å². The lowest BCUT2D eigenvalue weighted by atomic mass is 10.4. The van der Waals surface area contributed by atoms with Crippen molar-refractivity contribution in [1.82, 2.24) is 20.0 Å². The molecule has 1 amide bonds. The van der Waals surface area contributed by atoms with Gasteiger partial charge < -0.3 is 5.32 Å². The first-order valence-electron chi connectivity index (χ1n) is 4.60. The van der Waals surface area contributed by atoms with E-state index in [1.807, 2.05) is 12.3 Å². The Morgan fingerprint density at radius 1 is 1.60 bits per heavy atom. The van der Waals surface area contributed by atoms with Gasteiger partial charge in [-0.05, 0) is 6.07 Å². The molecule has 0 saturated carbocycles. The van der Waals surface area contributed by atoms with E-state index in [2.05, 4.69) is 20.6 Å². The summed E-state index contributed by atoms with van der Waals surface area (Å²) in [5.41, 5.74) is 0.681. The Bertz CT molecular complexity index is 406. The van der Waals surface area contributed by atoms with Gasteiger partial charge in [0.25, 0.3) is 0 Å². The Labute approximate surface area is 86.3 Å². The summed E-state index contributed by atoms with van der Waals surface area (Å²) in [7, 11) is 0. The molecule has 0 radical (unpaired) electrons. The first-order chi connectivity index (χ1) is 7.34. The predicted molar refractivity (Wildman–Crippen MR) is 54.1 cm³/mol. The Kier molecular flexibility index (Phi) is 2.77. The lowest BCUT2D eigenvalue weighted by molar-refractivity contribution is -0.116. The Morgan fingerprint density at radius 3 is 3.20 bits per heavy atom. The van der Waals surface area contributed by atoms with Gasteiger partial charge in [0.1, 0.15) is 0 Å². The maximum absolute atomic E-state index is 11.4. The van der Waals surface area contributed by atoms with Crippen LogP contribution in [0.4, 0.5) is 5.69 Å². The SMILES string of the molecule is O=C(CCn1cccn1)Nc1cn[nH]c1. The van der Waals surface area contributed by atoms with Crippen LogP contribution in [0.5, 0.6) is 0 Å². The van der Waals surface area contributed by atoms with Crippen molar-refractivity contribution in [3.63, 3.8) is 0 Å². The number of carbonyl (C=O) groups excluding carboxylic acids is 1. The van der Waals surface area contributed by atoms with Gasteiger partial charge >= 0.3 is 0 Å². The summed E-state index contributed by atoms with van der Waals surface area (Å²) in [6.45, 7) is 0.580. The molecule has 0 aliphatic rings. The summed E-state index contributed by atoms with van der Waals surface area (Å²) in [5.74, 6) is -0.0492. The molecule has 0 atom stereocenters. The highest BCUT2D eigenvalue weighted by atomic mass is 16.1. The number of rotatable bonds is 4. The maximum Gasteiger partial charge on any atom is 0.226 e. The van der Waals surface area contributed by atoms with Gasteiger partial charge in [-0.1, -0.05) is 0 Å². The van der Waals surface area contributed by atoms with Crippen molar-refractivity contribution in [3.05, 3.63) is 30.9 Å². The fourth-order valence-corrected chi connectivity index (χ4v) is 1.19. The summed E-state index contributed by atoms with van der Waals surface area (Å²) >= 11 is 0. The van der Waals surface area contributed by atoms with E-state index >= 15 is 0 Å². The molecule has 2 rings (SSSR count). The summed E-state index contributed by atoms with van der Waals surface area (Å²) < 4.78 is 1.72. The number of amides is 1. The van der Waals surface area contributed by atoms with Crippen LogP contribution in [0.1, 0.15) is 6.42 Å². The van der Waals surface area contributed by atoms with Crippen LogP contribution in [-0.4, -0.2) is 25.9 Å². The van der Waals surface area contributed by atoms with Crippen molar-refractivity contribution < 1.29 is 4.79 Å². The smallest absolute Gasteiger partial charge is 0.226 e. The van der Waals surface area contributed by atoms with Gasteiger partial charge in [0.15, 0.2) is 0 Å². The molecule has 2 heterocycles. The van der Waals surface area contributed by atoms with E-state index in [9.17, 15) is 4.79 Å². The van der Waals surface area contributed by atoms with Crippen LogP contribution in [0.3, 0.4) is 0 Å². The lowest BCUT2D eigenvalue weighted by Crippen LogP contribution is -2.14. The number of hydrogen-bond acceptors (Lipinski definition) is 3. The highest BCUT2D eigenvalue weighted by molar-refractivity contribution is 5.90. The number of nitrogens with zero attached hydrogens (tertiary/aromatic N) is 3. The molecule has 0 spiro atoms. The van der Waals surface area contributed by atoms with Crippen molar-refractivity contribution in [2.24, 2.45) is 0 Å². The zero-order valence-corrected chi connectivity index (χ0v) is 8.05. The standard InChI is InChI=1S/C9H11N5O/c15-9(13-8-6-10-11-7-8)2-5-14-4-1-3-12-14/h1,3-4,6-7H,2,5H2,(H,10,11)(H,13,15). The first-order valence-corrected chi connectivity index (χ1v) is 4.60. The molecule has 6 nitrogen and oxygen atoms in total. The van der Waals surface area contributed by atoms with Crippen molar-refractivity contribution in [3.8, 4) is 0 Å². The molecule has 0 unspecified atom stereocenters. The van der Waals surface area contributed by atoms with Gasteiger partial charge in [0.05, 0.1) is 11.9 Å². The topological polar surface area (TPSA) is 75.6 Å². The summed E-state index contributed by atoms with van der Waals surface area (Å²) in [5, 5.41) is 13.1. The molecule has 2 aromatic rings. The van der Waals surface area contributed by atoms with Gasteiger partial charge in [0, 0.05) is 31.6 Å². The zero-order chi connectivity index (χ0) is 10.5. The van der Waals surface area contributed by atoms with Crippen LogP contribution in [0.15, 0.2) is 30.9 Å². The maximum atomic E-state index is 11.4. The third kappa shape index (κ3) is 2.67. The molecular formula is C9H11N5O.